The largest absolute Gasteiger partial charge is 0.492 e. The number of nitrogens with one attached hydrogen (secondary N) is 3. The van der Waals surface area contributed by atoms with Crippen LogP contribution in [0.2, 0.25) is 0 Å². The van der Waals surface area contributed by atoms with Crippen LogP contribution in [0.5, 0.6) is 5.75 Å². The summed E-state index contributed by atoms with van der Waals surface area (Å²) in [7, 11) is -2.29. The Kier molecular flexibility index (Phi) is 8.82. The molecule has 1 amide bonds. The summed E-state index contributed by atoms with van der Waals surface area (Å²) in [5.74, 6) is 0.694. The molecule has 4 N–H and O–H groups in total. The van der Waals surface area contributed by atoms with Crippen molar-refractivity contribution in [3.8, 4) is 5.75 Å². The Labute approximate surface area is 262 Å². The van der Waals surface area contributed by atoms with Crippen LogP contribution in [-0.2, 0) is 20.2 Å². The number of methoxy groups -OCH3 is 1. The molecule has 4 aromatic rings. The Hall–Kier alpha value is -4.91. The topological polar surface area (TPSA) is 158 Å². The minimum atomic E-state index is -3.66. The number of aromatic nitrogens is 2. The van der Waals surface area contributed by atoms with E-state index in [1.54, 1.807) is 36.5 Å². The summed E-state index contributed by atoms with van der Waals surface area (Å²) < 4.78 is 32.2. The Morgan fingerprint density at radius 2 is 1.69 bits per heavy atom. The molecule has 1 saturated heterocycles. The Balaban J connectivity index is 1.49. The van der Waals surface area contributed by atoms with E-state index in [0.29, 0.717) is 22.7 Å². The first-order valence-electron chi connectivity index (χ1n) is 14.5. The maximum Gasteiger partial charge on any atom is 0.278 e. The molecule has 0 bridgehead atoms. The monoisotopic (exact) mass is 631 g/mol. The molecule has 12 nitrogen and oxygen atoms in total. The van der Waals surface area contributed by atoms with Crippen molar-refractivity contribution in [2.24, 2.45) is 5.16 Å². The van der Waals surface area contributed by atoms with Crippen LogP contribution in [0, 0.1) is 0 Å². The van der Waals surface area contributed by atoms with Crippen LogP contribution in [-0.4, -0.2) is 61.7 Å². The number of benzene rings is 3. The molecule has 0 unspecified atom stereocenters. The summed E-state index contributed by atoms with van der Waals surface area (Å²) in [6.45, 7) is 7.73. The number of hydrogen-bond donors (Lipinski definition) is 4. The van der Waals surface area contributed by atoms with Gasteiger partial charge in [-0.2, -0.15) is 4.98 Å². The smallest absolute Gasteiger partial charge is 0.278 e. The SMILES string of the molecule is COc1c(NC(=O)C(=NO)c2ccc(Nc3ccnc(N4CCCC4)n3)c3ccccc23)cc(C(C)(C)C)cc1NS(C)(=O)=O. The minimum Gasteiger partial charge on any atom is -0.492 e. The zero-order valence-electron chi connectivity index (χ0n) is 25.9. The van der Waals surface area contributed by atoms with Gasteiger partial charge in [0.25, 0.3) is 5.91 Å². The molecule has 1 aliphatic heterocycles. The first-order chi connectivity index (χ1) is 21.4. The third-order valence-electron chi connectivity index (χ3n) is 7.49. The van der Waals surface area contributed by atoms with E-state index in [1.165, 1.54) is 7.11 Å². The molecule has 0 radical (unpaired) electrons. The van der Waals surface area contributed by atoms with Gasteiger partial charge in [-0.3, -0.25) is 9.52 Å². The Bertz CT molecular complexity index is 1880. The summed E-state index contributed by atoms with van der Waals surface area (Å²) in [6.07, 6.45) is 4.98. The van der Waals surface area contributed by atoms with Gasteiger partial charge in [0.1, 0.15) is 5.82 Å². The Morgan fingerprint density at radius 3 is 2.33 bits per heavy atom. The van der Waals surface area contributed by atoms with Crippen LogP contribution >= 0.6 is 0 Å². The van der Waals surface area contributed by atoms with E-state index < -0.39 is 21.3 Å². The van der Waals surface area contributed by atoms with E-state index in [2.05, 4.69) is 30.4 Å². The van der Waals surface area contributed by atoms with Crippen LogP contribution in [0.1, 0.15) is 44.7 Å². The van der Waals surface area contributed by atoms with Crippen molar-refractivity contribution in [1.82, 2.24) is 9.97 Å². The molecule has 13 heteroatoms. The fourth-order valence-electron chi connectivity index (χ4n) is 5.29. The van der Waals surface area contributed by atoms with Crippen molar-refractivity contribution < 1.29 is 23.2 Å². The van der Waals surface area contributed by atoms with Crippen molar-refractivity contribution in [3.63, 3.8) is 0 Å². The molecule has 5 rings (SSSR count). The highest BCUT2D eigenvalue weighted by Crippen LogP contribution is 2.39. The van der Waals surface area contributed by atoms with Gasteiger partial charge in [-0.25, -0.2) is 13.4 Å². The van der Waals surface area contributed by atoms with Gasteiger partial charge in [-0.1, -0.05) is 50.2 Å². The lowest BCUT2D eigenvalue weighted by Crippen LogP contribution is -2.25. The van der Waals surface area contributed by atoms with E-state index in [0.717, 1.165) is 48.8 Å². The molecule has 0 aliphatic carbocycles. The molecule has 236 valence electrons. The second-order valence-electron chi connectivity index (χ2n) is 11.9. The predicted molar refractivity (Wildman–Crippen MR) is 178 cm³/mol. The number of amides is 1. The van der Waals surface area contributed by atoms with E-state index in [1.807, 2.05) is 45.0 Å². The van der Waals surface area contributed by atoms with Gasteiger partial charge >= 0.3 is 0 Å². The van der Waals surface area contributed by atoms with Crippen molar-refractivity contribution in [3.05, 3.63) is 71.9 Å². The third kappa shape index (κ3) is 7.09. The fraction of sp³-hybridized carbons (Fsp3) is 0.312. The van der Waals surface area contributed by atoms with Gasteiger partial charge in [0.15, 0.2) is 11.5 Å². The minimum absolute atomic E-state index is 0.113. The second kappa shape index (κ2) is 12.6. The van der Waals surface area contributed by atoms with Gasteiger partial charge in [0.2, 0.25) is 16.0 Å². The molecule has 0 saturated carbocycles. The van der Waals surface area contributed by atoms with E-state index in [9.17, 15) is 18.4 Å². The molecule has 1 aromatic heterocycles. The molecular weight excluding hydrogens is 594 g/mol. The molecule has 0 atom stereocenters. The number of ether oxygens (including phenoxy) is 1. The van der Waals surface area contributed by atoms with Crippen LogP contribution in [0.4, 0.5) is 28.8 Å². The van der Waals surface area contributed by atoms with Crippen LogP contribution in [0.3, 0.4) is 0 Å². The number of carbonyl (C=O) groups excluding carboxylic acids is 1. The zero-order valence-corrected chi connectivity index (χ0v) is 26.7. The van der Waals surface area contributed by atoms with Crippen LogP contribution in [0.15, 0.2) is 65.9 Å². The van der Waals surface area contributed by atoms with Crippen molar-refractivity contribution in [2.75, 3.05) is 46.7 Å². The van der Waals surface area contributed by atoms with E-state index >= 15 is 0 Å². The summed E-state index contributed by atoms with van der Waals surface area (Å²) in [6, 6.07) is 16.1. The highest BCUT2D eigenvalue weighted by Gasteiger charge is 2.25. The first-order valence-corrected chi connectivity index (χ1v) is 16.4. The summed E-state index contributed by atoms with van der Waals surface area (Å²) in [5, 5.41) is 21.1. The summed E-state index contributed by atoms with van der Waals surface area (Å²) >= 11 is 0. The molecule has 45 heavy (non-hydrogen) atoms. The van der Waals surface area contributed by atoms with Crippen LogP contribution < -0.4 is 25.0 Å². The average Bonchev–Trinajstić information content (AvgIpc) is 3.53. The first kappa shape index (κ1) is 31.5. The number of rotatable bonds is 9. The second-order valence-corrected chi connectivity index (χ2v) is 13.6. The highest BCUT2D eigenvalue weighted by atomic mass is 32.2. The number of hydrogen-bond acceptors (Lipinski definition) is 10. The highest BCUT2D eigenvalue weighted by molar-refractivity contribution is 7.92. The van der Waals surface area contributed by atoms with Crippen molar-refractivity contribution in [1.29, 1.82) is 0 Å². The summed E-state index contributed by atoms with van der Waals surface area (Å²) in [5.41, 5.74) is 1.62. The number of fused-ring (bicyclic) bond motifs is 1. The lowest BCUT2D eigenvalue weighted by Gasteiger charge is -2.24. The third-order valence-corrected chi connectivity index (χ3v) is 8.08. The van der Waals surface area contributed by atoms with Gasteiger partial charge in [-0.05, 0) is 59.5 Å². The van der Waals surface area contributed by atoms with Gasteiger partial charge < -0.3 is 25.5 Å². The van der Waals surface area contributed by atoms with E-state index in [-0.39, 0.29) is 22.8 Å². The molecular formula is C32H37N7O5S. The maximum atomic E-state index is 13.7. The predicted octanol–water partition coefficient (Wildman–Crippen LogP) is 5.47. The van der Waals surface area contributed by atoms with Crippen molar-refractivity contribution >= 4 is 61.2 Å². The molecule has 2 heterocycles. The number of nitrogens with zero attached hydrogens (tertiary/aromatic N) is 4. The molecule has 1 fully saturated rings. The molecule has 3 aromatic carbocycles. The fourth-order valence-corrected chi connectivity index (χ4v) is 5.84. The number of carbonyl (C=O) groups is 1. The lowest BCUT2D eigenvalue weighted by molar-refractivity contribution is -0.110. The van der Waals surface area contributed by atoms with E-state index in [4.69, 9.17) is 9.72 Å². The van der Waals surface area contributed by atoms with Gasteiger partial charge in [0.05, 0.1) is 24.7 Å². The number of sulfonamides is 1. The number of oxime groups is 1. The normalized spacial score (nSPS) is 14.0. The molecule has 1 aliphatic rings. The van der Waals surface area contributed by atoms with Gasteiger partial charge in [0, 0.05) is 35.9 Å². The van der Waals surface area contributed by atoms with Crippen LogP contribution in [0.25, 0.3) is 10.8 Å². The molecule has 0 spiro atoms. The van der Waals surface area contributed by atoms with Crippen molar-refractivity contribution in [2.45, 2.75) is 39.0 Å². The zero-order chi connectivity index (χ0) is 32.4. The standard InChI is InChI=1S/C32H37N7O5S/c1-32(2,3)20-18-25(29(44-4)26(19-20)38-45(5,42)43)35-30(40)28(37-41)23-12-13-24(22-11-7-6-10-21(22)23)34-27-14-15-33-31(36-27)39-16-8-9-17-39/h6-7,10-15,18-19,38,41H,8-9,16-17H2,1-5H3,(H,35,40)(H,33,34,36). The number of anilines is 5. The quantitative estimate of drug-likeness (QED) is 0.107. The maximum absolute atomic E-state index is 13.7. The lowest BCUT2D eigenvalue weighted by atomic mass is 9.86. The Morgan fingerprint density at radius 1 is 1.00 bits per heavy atom. The average molecular weight is 632 g/mol. The van der Waals surface area contributed by atoms with Gasteiger partial charge in [-0.15, -0.1) is 0 Å². The summed E-state index contributed by atoms with van der Waals surface area (Å²) in [4.78, 5) is 25.0.